The van der Waals surface area contributed by atoms with Gasteiger partial charge in [0.2, 0.25) is 5.91 Å². The van der Waals surface area contributed by atoms with Crippen molar-refractivity contribution in [2.75, 3.05) is 39.9 Å². The number of carbonyl (C=O) groups is 2. The molecule has 0 N–H and O–H groups in total. The van der Waals surface area contributed by atoms with Gasteiger partial charge in [-0.15, -0.1) is 0 Å². The van der Waals surface area contributed by atoms with Crippen LogP contribution in [0.1, 0.15) is 25.7 Å². The van der Waals surface area contributed by atoms with Crippen molar-refractivity contribution < 1.29 is 27.5 Å². The lowest BCUT2D eigenvalue weighted by molar-refractivity contribution is -0.187. The van der Waals surface area contributed by atoms with Gasteiger partial charge >= 0.3 is 12.1 Å². The molecule has 23 heavy (non-hydrogen) atoms. The van der Waals surface area contributed by atoms with E-state index in [1.807, 2.05) is 0 Å². The first-order valence-electron chi connectivity index (χ1n) is 7.96. The van der Waals surface area contributed by atoms with Crippen LogP contribution < -0.4 is 0 Å². The molecule has 0 saturated carbocycles. The molecule has 2 heterocycles. The van der Waals surface area contributed by atoms with E-state index in [-0.39, 0.29) is 24.9 Å². The topological polar surface area (TPSA) is 49.9 Å². The van der Waals surface area contributed by atoms with E-state index in [2.05, 4.69) is 0 Å². The average molecular weight is 336 g/mol. The maximum absolute atomic E-state index is 12.5. The first-order chi connectivity index (χ1) is 10.8. The first kappa shape index (κ1) is 18.0. The minimum atomic E-state index is -4.83. The summed E-state index contributed by atoms with van der Waals surface area (Å²) in [4.78, 5) is 26.3. The van der Waals surface area contributed by atoms with Crippen molar-refractivity contribution in [3.8, 4) is 0 Å². The standard InChI is InChI=1S/C15H23F3N2O3/c1-23-10-11-2-6-19(7-3-11)13(21)12-4-8-20(9-5-12)14(22)15(16,17)18/h11-12H,2-10H2,1H3. The maximum atomic E-state index is 12.5. The van der Waals surface area contributed by atoms with E-state index in [0.29, 0.717) is 38.5 Å². The van der Waals surface area contributed by atoms with Gasteiger partial charge in [-0.1, -0.05) is 0 Å². The third-order valence-electron chi connectivity index (χ3n) is 4.70. The smallest absolute Gasteiger partial charge is 0.384 e. The van der Waals surface area contributed by atoms with Gasteiger partial charge in [0.05, 0.1) is 0 Å². The third kappa shape index (κ3) is 4.59. The Kier molecular flexibility index (Phi) is 5.89. The summed E-state index contributed by atoms with van der Waals surface area (Å²) in [6, 6.07) is 0. The van der Waals surface area contributed by atoms with Crippen molar-refractivity contribution in [2.45, 2.75) is 31.9 Å². The maximum Gasteiger partial charge on any atom is 0.471 e. The normalized spacial score (nSPS) is 21.6. The Bertz CT molecular complexity index is 426. The zero-order chi connectivity index (χ0) is 17.0. The van der Waals surface area contributed by atoms with Crippen LogP contribution in [-0.4, -0.2) is 67.7 Å². The van der Waals surface area contributed by atoms with E-state index in [0.717, 1.165) is 17.7 Å². The molecule has 2 amide bonds. The Morgan fingerprint density at radius 1 is 1.00 bits per heavy atom. The first-order valence-corrected chi connectivity index (χ1v) is 7.96. The summed E-state index contributed by atoms with van der Waals surface area (Å²) >= 11 is 0. The molecule has 0 radical (unpaired) electrons. The monoisotopic (exact) mass is 336 g/mol. The molecule has 2 rings (SSSR count). The van der Waals surface area contributed by atoms with E-state index in [4.69, 9.17) is 4.74 Å². The van der Waals surface area contributed by atoms with Gasteiger partial charge in [-0.2, -0.15) is 13.2 Å². The molecule has 5 nitrogen and oxygen atoms in total. The van der Waals surface area contributed by atoms with E-state index < -0.39 is 12.1 Å². The number of methoxy groups -OCH3 is 1. The van der Waals surface area contributed by atoms with Crippen LogP contribution in [0.15, 0.2) is 0 Å². The summed E-state index contributed by atoms with van der Waals surface area (Å²) < 4.78 is 42.3. The highest BCUT2D eigenvalue weighted by atomic mass is 19.4. The Balaban J connectivity index is 1.79. The summed E-state index contributed by atoms with van der Waals surface area (Å²) in [5.41, 5.74) is 0. The SMILES string of the molecule is COCC1CCN(C(=O)C2CCN(C(=O)C(F)(F)F)CC2)CC1. The number of piperidine rings is 2. The molecule has 2 saturated heterocycles. The van der Waals surface area contributed by atoms with Crippen LogP contribution in [0.25, 0.3) is 0 Å². The second-order valence-electron chi connectivity index (χ2n) is 6.29. The van der Waals surface area contributed by atoms with Gasteiger partial charge in [-0.3, -0.25) is 9.59 Å². The quantitative estimate of drug-likeness (QED) is 0.788. The second kappa shape index (κ2) is 7.51. The zero-order valence-corrected chi connectivity index (χ0v) is 13.3. The number of nitrogens with zero attached hydrogens (tertiary/aromatic N) is 2. The Morgan fingerprint density at radius 2 is 1.52 bits per heavy atom. The fourth-order valence-corrected chi connectivity index (χ4v) is 3.32. The van der Waals surface area contributed by atoms with Gasteiger partial charge in [-0.25, -0.2) is 0 Å². The molecule has 0 aromatic rings. The molecular formula is C15H23F3N2O3. The lowest BCUT2D eigenvalue weighted by atomic mass is 9.92. The van der Waals surface area contributed by atoms with Crippen molar-refractivity contribution in [3.05, 3.63) is 0 Å². The predicted octanol–water partition coefficient (Wildman–Crippen LogP) is 1.67. The number of carbonyl (C=O) groups excluding carboxylic acids is 2. The van der Waals surface area contributed by atoms with Crippen molar-refractivity contribution >= 4 is 11.8 Å². The van der Waals surface area contributed by atoms with E-state index >= 15 is 0 Å². The molecule has 132 valence electrons. The van der Waals surface area contributed by atoms with Crippen LogP contribution in [0.4, 0.5) is 13.2 Å². The molecule has 8 heteroatoms. The molecule has 2 fully saturated rings. The minimum Gasteiger partial charge on any atom is -0.384 e. The molecule has 0 unspecified atom stereocenters. The van der Waals surface area contributed by atoms with Gasteiger partial charge in [0.1, 0.15) is 0 Å². The Labute approximate surface area is 133 Å². The van der Waals surface area contributed by atoms with Crippen LogP contribution in [0.5, 0.6) is 0 Å². The third-order valence-corrected chi connectivity index (χ3v) is 4.70. The highest BCUT2D eigenvalue weighted by Gasteiger charge is 2.44. The number of hydrogen-bond acceptors (Lipinski definition) is 3. The Hall–Kier alpha value is -1.31. The number of likely N-dealkylation sites (tertiary alicyclic amines) is 2. The number of halogens is 3. The summed E-state index contributed by atoms with van der Waals surface area (Å²) in [7, 11) is 1.66. The van der Waals surface area contributed by atoms with Crippen LogP contribution in [0.3, 0.4) is 0 Å². The van der Waals surface area contributed by atoms with Gasteiger partial charge in [-0.05, 0) is 31.6 Å². The lowest BCUT2D eigenvalue weighted by Gasteiger charge is -2.37. The Morgan fingerprint density at radius 3 is 2.00 bits per heavy atom. The summed E-state index contributed by atoms with van der Waals surface area (Å²) in [5, 5.41) is 0. The number of amides is 2. The largest absolute Gasteiger partial charge is 0.471 e. The van der Waals surface area contributed by atoms with Gasteiger partial charge in [0.15, 0.2) is 0 Å². The van der Waals surface area contributed by atoms with Crippen LogP contribution in [-0.2, 0) is 14.3 Å². The minimum absolute atomic E-state index is 0.00507. The fourth-order valence-electron chi connectivity index (χ4n) is 3.32. The van der Waals surface area contributed by atoms with Crippen molar-refractivity contribution in [3.63, 3.8) is 0 Å². The molecular weight excluding hydrogens is 313 g/mol. The van der Waals surface area contributed by atoms with Gasteiger partial charge in [0, 0.05) is 45.8 Å². The van der Waals surface area contributed by atoms with Crippen molar-refractivity contribution in [2.24, 2.45) is 11.8 Å². The summed E-state index contributed by atoms with van der Waals surface area (Å²) in [6.07, 6.45) is -2.44. The van der Waals surface area contributed by atoms with Crippen LogP contribution in [0.2, 0.25) is 0 Å². The van der Waals surface area contributed by atoms with Crippen LogP contribution in [0, 0.1) is 11.8 Å². The highest BCUT2D eigenvalue weighted by Crippen LogP contribution is 2.26. The van der Waals surface area contributed by atoms with E-state index in [1.165, 1.54) is 0 Å². The van der Waals surface area contributed by atoms with E-state index in [1.54, 1.807) is 12.0 Å². The highest BCUT2D eigenvalue weighted by molar-refractivity contribution is 5.83. The van der Waals surface area contributed by atoms with Crippen LogP contribution >= 0.6 is 0 Å². The fraction of sp³-hybridized carbons (Fsp3) is 0.867. The zero-order valence-electron chi connectivity index (χ0n) is 13.3. The van der Waals surface area contributed by atoms with Gasteiger partial charge < -0.3 is 14.5 Å². The number of ether oxygens (including phenoxy) is 1. The number of hydrogen-bond donors (Lipinski definition) is 0. The van der Waals surface area contributed by atoms with Crippen molar-refractivity contribution in [1.82, 2.24) is 9.80 Å². The number of alkyl halides is 3. The van der Waals surface area contributed by atoms with Gasteiger partial charge in [0.25, 0.3) is 0 Å². The molecule has 0 bridgehead atoms. The van der Waals surface area contributed by atoms with E-state index in [9.17, 15) is 22.8 Å². The summed E-state index contributed by atoms with van der Waals surface area (Å²) in [6.45, 7) is 2.03. The molecule has 0 spiro atoms. The molecule has 2 aliphatic heterocycles. The molecule has 0 aliphatic carbocycles. The molecule has 2 aliphatic rings. The second-order valence-corrected chi connectivity index (χ2v) is 6.29. The predicted molar refractivity (Wildman–Crippen MR) is 76.5 cm³/mol. The average Bonchev–Trinajstić information content (AvgIpc) is 2.54. The summed E-state index contributed by atoms with van der Waals surface area (Å²) in [5.74, 6) is -1.59. The lowest BCUT2D eigenvalue weighted by Crippen LogP contribution is -2.49. The molecule has 0 atom stereocenters. The molecule has 0 aromatic carbocycles. The molecule has 0 aromatic heterocycles. The number of rotatable bonds is 3. The van der Waals surface area contributed by atoms with Crippen molar-refractivity contribution in [1.29, 1.82) is 0 Å².